The maximum atomic E-state index is 5.21. The Balaban J connectivity index is 2.53. The first-order valence-corrected chi connectivity index (χ1v) is 5.56. The summed E-state index contributed by atoms with van der Waals surface area (Å²) in [6.07, 6.45) is 0. The number of methoxy groups -OCH3 is 1. The smallest absolute Gasteiger partial charge is 0.143 e. The van der Waals surface area contributed by atoms with Crippen molar-refractivity contribution in [3.63, 3.8) is 0 Å². The fourth-order valence-corrected chi connectivity index (χ4v) is 1.81. The number of ether oxygens (including phenoxy) is 1. The van der Waals surface area contributed by atoms with Crippen LogP contribution in [0.5, 0.6) is 5.75 Å². The minimum Gasteiger partial charge on any atom is -0.497 e. The minimum atomic E-state index is 0.744. The summed E-state index contributed by atoms with van der Waals surface area (Å²) in [5.74, 6) is 1.67. The molecule has 17 heavy (non-hydrogen) atoms. The maximum absolute atomic E-state index is 5.21. The van der Waals surface area contributed by atoms with Crippen LogP contribution in [0, 0.1) is 6.92 Å². The predicted molar refractivity (Wildman–Crippen MR) is 68.2 cm³/mol. The van der Waals surface area contributed by atoms with Crippen LogP contribution in [0.2, 0.25) is 0 Å². The molecule has 1 aromatic carbocycles. The first kappa shape index (κ1) is 11.8. The van der Waals surface area contributed by atoms with Crippen LogP contribution in [0.25, 0.3) is 10.9 Å². The molecule has 0 radical (unpaired) electrons. The van der Waals surface area contributed by atoms with E-state index in [1.807, 2.05) is 39.2 Å². The molecule has 90 valence electrons. The van der Waals surface area contributed by atoms with E-state index in [9.17, 15) is 0 Å². The Hall–Kier alpha value is -1.68. The Bertz CT molecular complexity index is 537. The van der Waals surface area contributed by atoms with Crippen LogP contribution >= 0.6 is 0 Å². The number of benzene rings is 1. The van der Waals surface area contributed by atoms with Gasteiger partial charge in [0.05, 0.1) is 19.2 Å². The highest BCUT2D eigenvalue weighted by Crippen LogP contribution is 2.21. The van der Waals surface area contributed by atoms with Crippen LogP contribution in [0.1, 0.15) is 11.5 Å². The van der Waals surface area contributed by atoms with Gasteiger partial charge in [0.1, 0.15) is 11.6 Å². The van der Waals surface area contributed by atoms with Gasteiger partial charge < -0.3 is 9.64 Å². The summed E-state index contributed by atoms with van der Waals surface area (Å²) in [5, 5.41) is 1.08. The molecule has 0 aliphatic carbocycles. The summed E-state index contributed by atoms with van der Waals surface area (Å²) in [7, 11) is 5.68. The molecule has 0 atom stereocenters. The lowest BCUT2D eigenvalue weighted by atomic mass is 10.2. The van der Waals surface area contributed by atoms with Gasteiger partial charge in [-0.15, -0.1) is 0 Å². The van der Waals surface area contributed by atoms with Gasteiger partial charge in [0.25, 0.3) is 0 Å². The summed E-state index contributed by atoms with van der Waals surface area (Å²) < 4.78 is 5.21. The maximum Gasteiger partial charge on any atom is 0.143 e. The van der Waals surface area contributed by atoms with Crippen molar-refractivity contribution in [2.75, 3.05) is 21.2 Å². The van der Waals surface area contributed by atoms with Gasteiger partial charge in [0.2, 0.25) is 0 Å². The highest BCUT2D eigenvalue weighted by atomic mass is 16.5. The Morgan fingerprint density at radius 2 is 2.00 bits per heavy atom. The molecule has 0 saturated heterocycles. The van der Waals surface area contributed by atoms with Crippen LogP contribution in [-0.2, 0) is 6.54 Å². The lowest BCUT2D eigenvalue weighted by Gasteiger charge is -2.10. The molecule has 0 spiro atoms. The quantitative estimate of drug-likeness (QED) is 0.810. The first-order chi connectivity index (χ1) is 8.10. The van der Waals surface area contributed by atoms with Crippen LogP contribution in [-0.4, -0.2) is 36.1 Å². The van der Waals surface area contributed by atoms with E-state index in [1.165, 1.54) is 0 Å². The topological polar surface area (TPSA) is 38.2 Å². The molecule has 0 aliphatic heterocycles. The average molecular weight is 231 g/mol. The molecule has 4 heteroatoms. The minimum absolute atomic E-state index is 0.744. The van der Waals surface area contributed by atoms with E-state index in [0.29, 0.717) is 0 Å². The fourth-order valence-electron chi connectivity index (χ4n) is 1.81. The SMILES string of the molecule is COc1ccc2c(C)nc(CN(C)C)nc2c1. The van der Waals surface area contributed by atoms with Crippen molar-refractivity contribution in [1.29, 1.82) is 0 Å². The zero-order valence-electron chi connectivity index (χ0n) is 10.7. The molecule has 1 aromatic heterocycles. The Kier molecular flexibility index (Phi) is 3.24. The molecule has 0 amide bonds. The molecule has 0 bridgehead atoms. The summed E-state index contributed by atoms with van der Waals surface area (Å²) in [4.78, 5) is 11.1. The van der Waals surface area contributed by atoms with Gasteiger partial charge >= 0.3 is 0 Å². The van der Waals surface area contributed by atoms with Crippen molar-refractivity contribution in [3.8, 4) is 5.75 Å². The number of aromatic nitrogens is 2. The monoisotopic (exact) mass is 231 g/mol. The fraction of sp³-hybridized carbons (Fsp3) is 0.385. The summed E-state index contributed by atoms with van der Waals surface area (Å²) in [5.41, 5.74) is 1.95. The third kappa shape index (κ3) is 2.53. The van der Waals surface area contributed by atoms with E-state index < -0.39 is 0 Å². The molecule has 1 heterocycles. The summed E-state index contributed by atoms with van der Waals surface area (Å²) >= 11 is 0. The number of hydrogen-bond donors (Lipinski definition) is 0. The predicted octanol–water partition coefficient (Wildman–Crippen LogP) is 2.01. The second-order valence-electron chi connectivity index (χ2n) is 4.35. The normalized spacial score (nSPS) is 11.1. The largest absolute Gasteiger partial charge is 0.497 e. The van der Waals surface area contributed by atoms with E-state index in [-0.39, 0.29) is 0 Å². The van der Waals surface area contributed by atoms with Gasteiger partial charge in [0, 0.05) is 17.1 Å². The van der Waals surface area contributed by atoms with Crippen molar-refractivity contribution in [1.82, 2.24) is 14.9 Å². The van der Waals surface area contributed by atoms with E-state index in [1.54, 1.807) is 7.11 Å². The zero-order valence-corrected chi connectivity index (χ0v) is 10.7. The van der Waals surface area contributed by atoms with Crippen molar-refractivity contribution < 1.29 is 4.74 Å². The van der Waals surface area contributed by atoms with E-state index in [2.05, 4.69) is 14.9 Å². The number of aryl methyl sites for hydroxylation is 1. The highest BCUT2D eigenvalue weighted by molar-refractivity contribution is 5.82. The van der Waals surface area contributed by atoms with Crippen LogP contribution < -0.4 is 4.74 Å². The molecule has 0 saturated carbocycles. The Morgan fingerprint density at radius 1 is 1.24 bits per heavy atom. The molecule has 4 nitrogen and oxygen atoms in total. The Labute approximate surface area is 101 Å². The molecule has 0 N–H and O–H groups in total. The second kappa shape index (κ2) is 4.67. The molecule has 0 unspecified atom stereocenters. The standard InChI is InChI=1S/C13H17N3O/c1-9-11-6-5-10(17-4)7-12(11)15-13(14-9)8-16(2)3/h5-7H,8H2,1-4H3. The second-order valence-corrected chi connectivity index (χ2v) is 4.35. The van der Waals surface area contributed by atoms with Crippen molar-refractivity contribution in [3.05, 3.63) is 29.7 Å². The lowest BCUT2D eigenvalue weighted by Crippen LogP contribution is -2.13. The average Bonchev–Trinajstić information content (AvgIpc) is 2.27. The summed E-state index contributed by atoms with van der Waals surface area (Å²) in [6.45, 7) is 2.75. The number of fused-ring (bicyclic) bond motifs is 1. The van der Waals surface area contributed by atoms with Crippen molar-refractivity contribution in [2.45, 2.75) is 13.5 Å². The van der Waals surface area contributed by atoms with Crippen LogP contribution in [0.3, 0.4) is 0 Å². The molecule has 2 rings (SSSR count). The first-order valence-electron chi connectivity index (χ1n) is 5.56. The van der Waals surface area contributed by atoms with Gasteiger partial charge in [-0.3, -0.25) is 0 Å². The third-order valence-corrected chi connectivity index (χ3v) is 2.60. The number of nitrogens with zero attached hydrogens (tertiary/aromatic N) is 3. The molecule has 0 fully saturated rings. The van der Waals surface area contributed by atoms with Gasteiger partial charge in [-0.05, 0) is 33.2 Å². The Morgan fingerprint density at radius 3 is 2.65 bits per heavy atom. The molecular weight excluding hydrogens is 214 g/mol. The van der Waals surface area contributed by atoms with Crippen molar-refractivity contribution >= 4 is 10.9 Å². The van der Waals surface area contributed by atoms with Gasteiger partial charge in [0.15, 0.2) is 0 Å². The van der Waals surface area contributed by atoms with E-state index >= 15 is 0 Å². The van der Waals surface area contributed by atoms with Gasteiger partial charge in [-0.2, -0.15) is 0 Å². The molecular formula is C13H17N3O. The van der Waals surface area contributed by atoms with E-state index in [0.717, 1.165) is 34.7 Å². The van der Waals surface area contributed by atoms with Gasteiger partial charge in [-0.1, -0.05) is 0 Å². The van der Waals surface area contributed by atoms with Gasteiger partial charge in [-0.25, -0.2) is 9.97 Å². The summed E-state index contributed by atoms with van der Waals surface area (Å²) in [6, 6.07) is 5.89. The van der Waals surface area contributed by atoms with Crippen LogP contribution in [0.4, 0.5) is 0 Å². The molecule has 0 aliphatic rings. The third-order valence-electron chi connectivity index (χ3n) is 2.60. The highest BCUT2D eigenvalue weighted by Gasteiger charge is 2.06. The van der Waals surface area contributed by atoms with E-state index in [4.69, 9.17) is 4.74 Å². The van der Waals surface area contributed by atoms with Crippen molar-refractivity contribution in [2.24, 2.45) is 0 Å². The molecule has 2 aromatic rings. The van der Waals surface area contributed by atoms with Crippen LogP contribution in [0.15, 0.2) is 18.2 Å². The number of hydrogen-bond acceptors (Lipinski definition) is 4. The number of rotatable bonds is 3. The zero-order chi connectivity index (χ0) is 12.4. The lowest BCUT2D eigenvalue weighted by molar-refractivity contribution is 0.390.